The molecule has 0 aliphatic carbocycles. The Balaban J connectivity index is 1.44. The smallest absolute Gasteiger partial charge is 0.271 e. The molecule has 0 saturated carbocycles. The molecule has 154 valence electrons. The van der Waals surface area contributed by atoms with E-state index in [0.717, 1.165) is 11.1 Å². The second-order valence-corrected chi connectivity index (χ2v) is 6.80. The SMILES string of the molecule is COc1ccccc1-c1nnc(-c2ccc(C(=O)N/N=C/c3ccc(C)cc3)cc2)o1. The normalized spacial score (nSPS) is 10.9. The summed E-state index contributed by atoms with van der Waals surface area (Å²) in [6, 6.07) is 22.1. The number of carbonyl (C=O) groups is 1. The lowest BCUT2D eigenvalue weighted by Crippen LogP contribution is -2.17. The molecule has 0 aliphatic rings. The van der Waals surface area contributed by atoms with Crippen molar-refractivity contribution < 1.29 is 13.9 Å². The highest BCUT2D eigenvalue weighted by molar-refractivity contribution is 5.95. The lowest BCUT2D eigenvalue weighted by atomic mass is 10.1. The summed E-state index contributed by atoms with van der Waals surface area (Å²) in [4.78, 5) is 12.3. The number of rotatable bonds is 6. The predicted octanol–water partition coefficient (Wildman–Crippen LogP) is 4.48. The Kier molecular flexibility index (Phi) is 5.84. The van der Waals surface area contributed by atoms with Crippen molar-refractivity contribution in [3.8, 4) is 28.7 Å². The fourth-order valence-corrected chi connectivity index (χ4v) is 2.92. The molecule has 1 heterocycles. The van der Waals surface area contributed by atoms with Crippen molar-refractivity contribution in [3.05, 3.63) is 89.5 Å². The molecular formula is C24H20N4O3. The van der Waals surface area contributed by atoms with Gasteiger partial charge in [0.25, 0.3) is 11.8 Å². The van der Waals surface area contributed by atoms with Crippen LogP contribution in [0.15, 0.2) is 82.3 Å². The van der Waals surface area contributed by atoms with E-state index in [9.17, 15) is 4.79 Å². The molecule has 1 N–H and O–H groups in total. The zero-order valence-corrected chi connectivity index (χ0v) is 17.1. The monoisotopic (exact) mass is 412 g/mol. The van der Waals surface area contributed by atoms with Gasteiger partial charge >= 0.3 is 0 Å². The maximum Gasteiger partial charge on any atom is 0.271 e. The average molecular weight is 412 g/mol. The molecule has 7 heteroatoms. The Morgan fingerprint density at radius 2 is 1.68 bits per heavy atom. The Morgan fingerprint density at radius 1 is 0.968 bits per heavy atom. The number of hydrogen-bond acceptors (Lipinski definition) is 6. The minimum atomic E-state index is -0.310. The summed E-state index contributed by atoms with van der Waals surface area (Å²) in [7, 11) is 1.59. The second kappa shape index (κ2) is 9.04. The minimum absolute atomic E-state index is 0.310. The number of nitrogens with one attached hydrogen (secondary N) is 1. The number of benzene rings is 3. The van der Waals surface area contributed by atoms with Gasteiger partial charge < -0.3 is 9.15 Å². The van der Waals surface area contributed by atoms with Gasteiger partial charge in [-0.3, -0.25) is 4.79 Å². The minimum Gasteiger partial charge on any atom is -0.496 e. The first kappa shape index (κ1) is 20.0. The van der Waals surface area contributed by atoms with Crippen molar-refractivity contribution in [1.82, 2.24) is 15.6 Å². The Morgan fingerprint density at radius 3 is 2.42 bits per heavy atom. The molecule has 4 aromatic rings. The Bertz CT molecular complexity index is 1210. The molecule has 0 aliphatic heterocycles. The number of amides is 1. The van der Waals surface area contributed by atoms with Crippen molar-refractivity contribution in [2.75, 3.05) is 7.11 Å². The van der Waals surface area contributed by atoms with Crippen LogP contribution < -0.4 is 10.2 Å². The first-order valence-corrected chi connectivity index (χ1v) is 9.61. The zero-order valence-electron chi connectivity index (χ0n) is 17.1. The lowest BCUT2D eigenvalue weighted by molar-refractivity contribution is 0.0955. The van der Waals surface area contributed by atoms with E-state index in [2.05, 4.69) is 20.7 Å². The van der Waals surface area contributed by atoms with E-state index in [-0.39, 0.29) is 5.91 Å². The number of methoxy groups -OCH3 is 1. The number of hydrazone groups is 1. The second-order valence-electron chi connectivity index (χ2n) is 6.80. The number of aromatic nitrogens is 2. The van der Waals surface area contributed by atoms with Gasteiger partial charge in [0.15, 0.2) is 0 Å². The van der Waals surface area contributed by atoms with Gasteiger partial charge in [-0.15, -0.1) is 10.2 Å². The Hall–Kier alpha value is -4.26. The van der Waals surface area contributed by atoms with Crippen LogP contribution in [0.25, 0.3) is 22.9 Å². The predicted molar refractivity (Wildman–Crippen MR) is 118 cm³/mol. The maximum atomic E-state index is 12.3. The molecule has 1 amide bonds. The van der Waals surface area contributed by atoms with Gasteiger partial charge in [0.1, 0.15) is 5.75 Å². The third-order valence-corrected chi connectivity index (χ3v) is 4.61. The van der Waals surface area contributed by atoms with E-state index >= 15 is 0 Å². The number of para-hydroxylation sites is 1. The quantitative estimate of drug-likeness (QED) is 0.372. The van der Waals surface area contributed by atoms with Gasteiger partial charge in [0, 0.05) is 11.1 Å². The van der Waals surface area contributed by atoms with Crippen LogP contribution in [0.2, 0.25) is 0 Å². The fourth-order valence-electron chi connectivity index (χ4n) is 2.92. The van der Waals surface area contributed by atoms with Gasteiger partial charge in [-0.1, -0.05) is 42.0 Å². The van der Waals surface area contributed by atoms with E-state index in [1.165, 1.54) is 0 Å². The molecular weight excluding hydrogens is 392 g/mol. The van der Waals surface area contributed by atoms with Gasteiger partial charge in [-0.25, -0.2) is 5.43 Å². The lowest BCUT2D eigenvalue weighted by Gasteiger charge is -2.03. The molecule has 31 heavy (non-hydrogen) atoms. The van der Waals surface area contributed by atoms with Gasteiger partial charge in [-0.05, 0) is 48.9 Å². The van der Waals surface area contributed by atoms with Crippen molar-refractivity contribution in [2.45, 2.75) is 6.92 Å². The number of ether oxygens (including phenoxy) is 1. The summed E-state index contributed by atoms with van der Waals surface area (Å²) in [5.41, 5.74) is 6.48. The van der Waals surface area contributed by atoms with Gasteiger partial charge in [0.2, 0.25) is 5.89 Å². The number of aryl methyl sites for hydroxylation is 1. The van der Waals surface area contributed by atoms with E-state index in [0.29, 0.717) is 34.2 Å². The first-order chi connectivity index (χ1) is 15.1. The van der Waals surface area contributed by atoms with E-state index in [4.69, 9.17) is 9.15 Å². The molecule has 1 aromatic heterocycles. The average Bonchev–Trinajstić information content (AvgIpc) is 3.30. The highest BCUT2D eigenvalue weighted by Gasteiger charge is 2.14. The third-order valence-electron chi connectivity index (χ3n) is 4.61. The van der Waals surface area contributed by atoms with Gasteiger partial charge in [0.05, 0.1) is 18.9 Å². The van der Waals surface area contributed by atoms with Crippen molar-refractivity contribution in [1.29, 1.82) is 0 Å². The molecule has 0 fully saturated rings. The third kappa shape index (κ3) is 4.67. The first-order valence-electron chi connectivity index (χ1n) is 9.61. The van der Waals surface area contributed by atoms with E-state index in [1.807, 2.05) is 55.5 Å². The largest absolute Gasteiger partial charge is 0.496 e. The number of nitrogens with zero attached hydrogens (tertiary/aromatic N) is 3. The molecule has 0 radical (unpaired) electrons. The van der Waals surface area contributed by atoms with Crippen LogP contribution >= 0.6 is 0 Å². The highest BCUT2D eigenvalue weighted by atomic mass is 16.5. The highest BCUT2D eigenvalue weighted by Crippen LogP contribution is 2.30. The van der Waals surface area contributed by atoms with E-state index < -0.39 is 0 Å². The van der Waals surface area contributed by atoms with Gasteiger partial charge in [-0.2, -0.15) is 5.10 Å². The molecule has 4 rings (SSSR count). The summed E-state index contributed by atoms with van der Waals surface area (Å²) >= 11 is 0. The van der Waals surface area contributed by atoms with Crippen LogP contribution in [-0.4, -0.2) is 29.4 Å². The zero-order chi connectivity index (χ0) is 21.6. The van der Waals surface area contributed by atoms with Crippen LogP contribution in [0.1, 0.15) is 21.5 Å². The molecule has 7 nitrogen and oxygen atoms in total. The van der Waals surface area contributed by atoms with Crippen LogP contribution in [-0.2, 0) is 0 Å². The molecule has 0 bridgehead atoms. The molecule has 0 unspecified atom stereocenters. The summed E-state index contributed by atoms with van der Waals surface area (Å²) in [5, 5.41) is 12.2. The summed E-state index contributed by atoms with van der Waals surface area (Å²) in [6.45, 7) is 2.01. The fraction of sp³-hybridized carbons (Fsp3) is 0.0833. The summed E-state index contributed by atoms with van der Waals surface area (Å²) < 4.78 is 11.1. The van der Waals surface area contributed by atoms with Crippen molar-refractivity contribution in [2.24, 2.45) is 5.10 Å². The molecule has 0 saturated heterocycles. The topological polar surface area (TPSA) is 89.6 Å². The van der Waals surface area contributed by atoms with Crippen LogP contribution in [0.4, 0.5) is 0 Å². The van der Waals surface area contributed by atoms with E-state index in [1.54, 1.807) is 37.6 Å². The van der Waals surface area contributed by atoms with Crippen LogP contribution in [0.5, 0.6) is 5.75 Å². The Labute approximate surface area is 179 Å². The molecule has 0 spiro atoms. The summed E-state index contributed by atoms with van der Waals surface area (Å²) in [5.74, 6) is 1.05. The standard InChI is InChI=1S/C24H20N4O3/c1-16-7-9-17(10-8-16)15-25-26-22(29)18-11-13-19(14-12-18)23-27-28-24(31-23)20-5-3-4-6-21(20)30-2/h3-15H,1-2H3,(H,26,29)/b25-15+. The van der Waals surface area contributed by atoms with Crippen molar-refractivity contribution >= 4 is 12.1 Å². The van der Waals surface area contributed by atoms with Crippen LogP contribution in [0, 0.1) is 6.92 Å². The molecule has 3 aromatic carbocycles. The molecule has 0 atom stereocenters. The maximum absolute atomic E-state index is 12.3. The van der Waals surface area contributed by atoms with Crippen LogP contribution in [0.3, 0.4) is 0 Å². The van der Waals surface area contributed by atoms with Crippen molar-refractivity contribution in [3.63, 3.8) is 0 Å². The summed E-state index contributed by atoms with van der Waals surface area (Å²) in [6.07, 6.45) is 1.60. The number of hydrogen-bond donors (Lipinski definition) is 1. The number of carbonyl (C=O) groups excluding carboxylic acids is 1.